The molecule has 4 rings (SSSR count). The highest BCUT2D eigenvalue weighted by Crippen LogP contribution is 2.31. The van der Waals surface area contributed by atoms with Crippen LogP contribution in [0.4, 0.5) is 0 Å². The highest BCUT2D eigenvalue weighted by Gasteiger charge is 2.03. The number of phenols is 1. The van der Waals surface area contributed by atoms with Crippen molar-refractivity contribution in [3.8, 4) is 5.75 Å². The van der Waals surface area contributed by atoms with E-state index in [-0.39, 0.29) is 9.52 Å². The summed E-state index contributed by atoms with van der Waals surface area (Å²) in [5.41, 5.74) is 4.53. The fourth-order valence-electron chi connectivity index (χ4n) is 2.43. The maximum absolute atomic E-state index is 9.87. The Bertz CT molecular complexity index is 793. The molecule has 0 fully saturated rings. The van der Waals surface area contributed by atoms with Crippen molar-refractivity contribution in [1.29, 1.82) is 0 Å². The van der Waals surface area contributed by atoms with Gasteiger partial charge in [-0.1, -0.05) is 72.1 Å². The van der Waals surface area contributed by atoms with Crippen molar-refractivity contribution in [3.63, 3.8) is 0 Å². The van der Waals surface area contributed by atoms with E-state index in [9.17, 15) is 5.11 Å². The molecule has 0 saturated heterocycles. The minimum Gasteiger partial charge on any atom is -0.507 e. The number of aromatic hydroxyl groups is 1. The van der Waals surface area contributed by atoms with Gasteiger partial charge in [0.2, 0.25) is 0 Å². The van der Waals surface area contributed by atoms with Gasteiger partial charge >= 0.3 is 0 Å². The van der Waals surface area contributed by atoms with Crippen LogP contribution >= 0.6 is 0 Å². The van der Waals surface area contributed by atoms with Crippen molar-refractivity contribution >= 4 is 31.1 Å². The molecule has 0 saturated carbocycles. The minimum atomic E-state index is 0.182. The average molecular weight is 276 g/mol. The van der Waals surface area contributed by atoms with Crippen LogP contribution in [0.3, 0.4) is 0 Å². The predicted molar refractivity (Wildman–Crippen MR) is 89.9 cm³/mol. The van der Waals surface area contributed by atoms with Crippen LogP contribution in [0.25, 0.3) is 21.5 Å². The fourth-order valence-corrected chi connectivity index (χ4v) is 3.22. The zero-order valence-corrected chi connectivity index (χ0v) is 12.6. The van der Waals surface area contributed by atoms with Gasteiger partial charge in [0.1, 0.15) is 5.75 Å². The smallest absolute Gasteiger partial charge is 0.124 e. The van der Waals surface area contributed by atoms with E-state index in [1.165, 1.54) is 0 Å². The van der Waals surface area contributed by atoms with Crippen molar-refractivity contribution in [3.05, 3.63) is 78.1 Å². The highest BCUT2D eigenvalue weighted by molar-refractivity contribution is 6.49. The Labute approximate surface area is 120 Å². The number of benzene rings is 3. The van der Waals surface area contributed by atoms with E-state index in [1.807, 2.05) is 36.4 Å². The second-order valence-corrected chi connectivity index (χ2v) is 6.17. The van der Waals surface area contributed by atoms with Crippen LogP contribution < -0.4 is 0 Å². The lowest BCUT2D eigenvalue weighted by atomic mass is 10.0. The van der Waals surface area contributed by atoms with Crippen molar-refractivity contribution < 1.29 is 5.11 Å². The fraction of sp³-hybridized carbons (Fsp3) is 0. The molecule has 2 heteroatoms. The highest BCUT2D eigenvalue weighted by atomic mass is 28.2. The van der Waals surface area contributed by atoms with Crippen LogP contribution in [0.2, 0.25) is 0 Å². The second kappa shape index (κ2) is 5.76. The third-order valence-corrected chi connectivity index (χ3v) is 4.49. The Morgan fingerprint density at radius 2 is 1.40 bits per heavy atom. The van der Waals surface area contributed by atoms with Gasteiger partial charge in [0, 0.05) is 5.39 Å². The number of allylic oxidation sites excluding steroid dienone is 2. The topological polar surface area (TPSA) is 20.2 Å². The quantitative estimate of drug-likeness (QED) is 0.488. The molecule has 1 aliphatic rings. The number of rotatable bonds is 0. The Balaban J connectivity index is 0.000000205. The summed E-state index contributed by atoms with van der Waals surface area (Å²) in [7, 11) is 0.182. The number of phenolic OH excluding ortho intramolecular Hbond substituents is 1. The van der Waals surface area contributed by atoms with Crippen LogP contribution in [0.1, 0.15) is 0 Å². The van der Waals surface area contributed by atoms with E-state index >= 15 is 0 Å². The van der Waals surface area contributed by atoms with Crippen LogP contribution in [-0.4, -0.2) is 14.6 Å². The van der Waals surface area contributed by atoms with Crippen LogP contribution in [0, 0.1) is 0 Å². The van der Waals surface area contributed by atoms with E-state index in [2.05, 4.69) is 35.7 Å². The Kier molecular flexibility index (Phi) is 3.66. The summed E-state index contributed by atoms with van der Waals surface area (Å²) < 4.78 is 0. The Morgan fingerprint density at radius 3 is 2.15 bits per heavy atom. The number of fused-ring (bicyclic) bond motifs is 3. The van der Waals surface area contributed by atoms with Gasteiger partial charge < -0.3 is 5.11 Å². The summed E-state index contributed by atoms with van der Waals surface area (Å²) >= 11 is 0. The summed E-state index contributed by atoms with van der Waals surface area (Å²) in [4.78, 5) is 0. The molecule has 98 valence electrons. The molecule has 20 heavy (non-hydrogen) atoms. The first kappa shape index (κ1) is 12.7. The largest absolute Gasteiger partial charge is 0.507 e. The normalized spacial score (nSPS) is 12.6. The molecular formula is C18H16OSi. The summed E-state index contributed by atoms with van der Waals surface area (Å²) in [6, 6.07) is 17.8. The molecule has 1 heterocycles. The van der Waals surface area contributed by atoms with E-state index in [4.69, 9.17) is 0 Å². The lowest BCUT2D eigenvalue weighted by molar-refractivity contribution is 0.482. The molecule has 0 unspecified atom stereocenters. The van der Waals surface area contributed by atoms with E-state index in [0.717, 1.165) is 21.5 Å². The predicted octanol–water partition coefficient (Wildman–Crippen LogP) is 3.89. The zero-order valence-electron chi connectivity index (χ0n) is 11.2. The van der Waals surface area contributed by atoms with E-state index in [1.54, 1.807) is 6.07 Å². The van der Waals surface area contributed by atoms with Crippen molar-refractivity contribution in [2.45, 2.75) is 0 Å². The van der Waals surface area contributed by atoms with Crippen molar-refractivity contribution in [1.82, 2.24) is 0 Å². The Morgan fingerprint density at radius 1 is 0.700 bits per heavy atom. The summed E-state index contributed by atoms with van der Waals surface area (Å²) in [5.74, 6) is 0.351. The first-order valence-corrected chi connectivity index (χ1v) is 8.41. The zero-order chi connectivity index (χ0) is 13.8. The molecule has 3 aromatic rings. The van der Waals surface area contributed by atoms with E-state index < -0.39 is 0 Å². The molecule has 1 aliphatic heterocycles. The van der Waals surface area contributed by atoms with Gasteiger partial charge in [0.25, 0.3) is 0 Å². The van der Waals surface area contributed by atoms with Crippen LogP contribution in [0.15, 0.2) is 78.1 Å². The van der Waals surface area contributed by atoms with Crippen LogP contribution in [0.5, 0.6) is 5.75 Å². The third kappa shape index (κ3) is 2.51. The molecule has 0 radical (unpaired) electrons. The molecule has 3 aromatic carbocycles. The Hall–Kier alpha value is -2.32. The van der Waals surface area contributed by atoms with Crippen molar-refractivity contribution in [2.75, 3.05) is 0 Å². The van der Waals surface area contributed by atoms with E-state index in [0.29, 0.717) is 5.75 Å². The first-order chi connectivity index (χ1) is 9.86. The molecular weight excluding hydrogens is 260 g/mol. The maximum Gasteiger partial charge on any atom is 0.124 e. The average Bonchev–Trinajstić information content (AvgIpc) is 3.07. The SMILES string of the molecule is C1=C[SiH2]C=C1.Oc1cccc2ccc3ccccc3c12. The lowest BCUT2D eigenvalue weighted by Gasteiger charge is -2.05. The summed E-state index contributed by atoms with van der Waals surface area (Å²) in [6.45, 7) is 0. The summed E-state index contributed by atoms with van der Waals surface area (Å²) in [6.07, 6.45) is 4.23. The first-order valence-electron chi connectivity index (χ1n) is 6.77. The lowest BCUT2D eigenvalue weighted by Crippen LogP contribution is -1.77. The molecule has 0 aromatic heterocycles. The minimum absolute atomic E-state index is 0.182. The molecule has 0 amide bonds. The standard InChI is InChI=1S/C14H10O.C4H6Si/c15-13-7-3-5-11-9-8-10-4-1-2-6-12(10)14(11)13;1-2-4-5-3-1/h1-9,15H;1-4H,5H2. The number of hydrogen-bond donors (Lipinski definition) is 1. The third-order valence-electron chi connectivity index (χ3n) is 3.40. The van der Waals surface area contributed by atoms with Gasteiger partial charge in [-0.3, -0.25) is 0 Å². The monoisotopic (exact) mass is 276 g/mol. The van der Waals surface area contributed by atoms with Gasteiger partial charge in [-0.15, -0.1) is 0 Å². The maximum atomic E-state index is 9.87. The van der Waals surface area contributed by atoms with Gasteiger partial charge in [-0.05, 0) is 22.2 Å². The van der Waals surface area contributed by atoms with Gasteiger partial charge in [0.05, 0.1) is 9.52 Å². The van der Waals surface area contributed by atoms with Gasteiger partial charge in [-0.2, -0.15) is 0 Å². The van der Waals surface area contributed by atoms with Crippen LogP contribution in [-0.2, 0) is 0 Å². The van der Waals surface area contributed by atoms with Crippen molar-refractivity contribution in [2.24, 2.45) is 0 Å². The van der Waals surface area contributed by atoms with Gasteiger partial charge in [-0.25, -0.2) is 0 Å². The molecule has 1 nitrogen and oxygen atoms in total. The molecule has 0 bridgehead atoms. The second-order valence-electron chi connectivity index (χ2n) is 4.75. The molecule has 0 atom stereocenters. The molecule has 1 N–H and O–H groups in total. The molecule has 0 aliphatic carbocycles. The summed E-state index contributed by atoms with van der Waals surface area (Å²) in [5, 5.41) is 14.2. The number of hydrogen-bond acceptors (Lipinski definition) is 1. The van der Waals surface area contributed by atoms with Gasteiger partial charge in [0.15, 0.2) is 0 Å². The molecule has 0 spiro atoms.